The minimum absolute atomic E-state index is 0.0382. The third kappa shape index (κ3) is 37.8. The average molecular weight is 742 g/mol. The Morgan fingerprint density at radius 3 is 1.86 bits per heavy atom. The summed E-state index contributed by atoms with van der Waals surface area (Å²) in [6.45, 7) is 4.00. The van der Waals surface area contributed by atoms with Crippen molar-refractivity contribution in [3.05, 3.63) is 48.8 Å². The summed E-state index contributed by atoms with van der Waals surface area (Å²) in [7, 11) is -4.34. The van der Waals surface area contributed by atoms with Crippen LogP contribution in [0.4, 0.5) is 0 Å². The van der Waals surface area contributed by atoms with Gasteiger partial charge in [-0.1, -0.05) is 153 Å². The van der Waals surface area contributed by atoms with Crippen LogP contribution in [0.1, 0.15) is 168 Å². The maximum absolute atomic E-state index is 12.5. The van der Waals surface area contributed by atoms with Crippen LogP contribution < -0.4 is 5.73 Å². The first kappa shape index (κ1) is 49.3. The van der Waals surface area contributed by atoms with E-state index in [2.05, 4.69) is 26.0 Å². The number of rotatable bonds is 38. The summed E-state index contributed by atoms with van der Waals surface area (Å²) in [5.41, 5.74) is 5.34. The van der Waals surface area contributed by atoms with Crippen LogP contribution in [0, 0.1) is 0 Å². The molecule has 0 aromatic carbocycles. The lowest BCUT2D eigenvalue weighted by Crippen LogP contribution is -2.28. The highest BCUT2D eigenvalue weighted by atomic mass is 31.2. The molecule has 3 atom stereocenters. The molecule has 4 N–H and O–H groups in total. The van der Waals surface area contributed by atoms with Crippen molar-refractivity contribution in [2.24, 2.45) is 5.73 Å². The molecule has 0 aliphatic rings. The maximum Gasteiger partial charge on any atom is 0.472 e. The second kappa shape index (κ2) is 38.0. The zero-order chi connectivity index (χ0) is 37.5. The Labute approximate surface area is 312 Å². The number of hydrogen-bond donors (Lipinski definition) is 3. The van der Waals surface area contributed by atoms with Crippen LogP contribution in [-0.4, -0.2) is 54.5 Å². The lowest BCUT2D eigenvalue weighted by atomic mass is 10.0. The van der Waals surface area contributed by atoms with E-state index in [1.807, 2.05) is 24.3 Å². The molecule has 0 rings (SSSR count). The predicted octanol–water partition coefficient (Wildman–Crippen LogP) is 11.0. The zero-order valence-corrected chi connectivity index (χ0v) is 33.3. The Morgan fingerprint density at radius 2 is 1.27 bits per heavy atom. The number of nitrogens with two attached hydrogens (primary N) is 1. The average Bonchev–Trinajstić information content (AvgIpc) is 3.11. The molecule has 51 heavy (non-hydrogen) atoms. The maximum atomic E-state index is 12.5. The lowest BCUT2D eigenvalue weighted by molar-refractivity contribution is -0.153. The number of hydrogen-bond acceptors (Lipinski definition) is 8. The van der Waals surface area contributed by atoms with Gasteiger partial charge in [-0.15, -0.1) is 0 Å². The van der Waals surface area contributed by atoms with E-state index in [4.69, 9.17) is 24.3 Å². The van der Waals surface area contributed by atoms with Crippen molar-refractivity contribution in [3.63, 3.8) is 0 Å². The molecule has 298 valence electrons. The molecule has 2 unspecified atom stereocenters. The fraction of sp³-hybridized carbons (Fsp3) is 0.780. The van der Waals surface area contributed by atoms with Gasteiger partial charge in [0.15, 0.2) is 6.10 Å². The van der Waals surface area contributed by atoms with Crippen molar-refractivity contribution < 1.29 is 37.9 Å². The number of aliphatic hydroxyl groups excluding tert-OH is 1. The van der Waals surface area contributed by atoms with E-state index in [-0.39, 0.29) is 32.8 Å². The molecule has 0 radical (unpaired) electrons. The van der Waals surface area contributed by atoms with Gasteiger partial charge in [-0.25, -0.2) is 4.57 Å². The second-order valence-corrected chi connectivity index (χ2v) is 14.9. The minimum atomic E-state index is -4.34. The van der Waals surface area contributed by atoms with Crippen LogP contribution in [0.5, 0.6) is 0 Å². The van der Waals surface area contributed by atoms with Gasteiger partial charge in [0.2, 0.25) is 0 Å². The molecule has 0 bridgehead atoms. The first-order chi connectivity index (χ1) is 24.8. The Balaban J connectivity index is 4.33. The number of esters is 1. The Kier molecular flexibility index (Phi) is 36.7. The van der Waals surface area contributed by atoms with Gasteiger partial charge in [-0.3, -0.25) is 13.8 Å². The number of unbranched alkanes of at least 4 members (excludes halogenated alkanes) is 18. The van der Waals surface area contributed by atoms with Crippen LogP contribution in [0.25, 0.3) is 0 Å². The third-order valence-electron chi connectivity index (χ3n) is 8.42. The van der Waals surface area contributed by atoms with Crippen LogP contribution in [0.15, 0.2) is 48.8 Å². The first-order valence-electron chi connectivity index (χ1n) is 20.3. The fourth-order valence-electron chi connectivity index (χ4n) is 5.38. The largest absolute Gasteiger partial charge is 0.498 e. The van der Waals surface area contributed by atoms with E-state index in [0.29, 0.717) is 12.8 Å². The van der Waals surface area contributed by atoms with Gasteiger partial charge in [-0.05, 0) is 51.0 Å². The fourth-order valence-corrected chi connectivity index (χ4v) is 6.15. The molecule has 0 aromatic rings. The van der Waals surface area contributed by atoms with Gasteiger partial charge in [0, 0.05) is 13.0 Å². The Hall–Kier alpha value is -1.74. The number of phosphoric acid groups is 1. The van der Waals surface area contributed by atoms with Crippen LogP contribution >= 0.6 is 7.82 Å². The van der Waals surface area contributed by atoms with Crippen molar-refractivity contribution in [1.82, 2.24) is 0 Å². The van der Waals surface area contributed by atoms with Gasteiger partial charge >= 0.3 is 13.8 Å². The van der Waals surface area contributed by atoms with E-state index in [1.54, 1.807) is 12.3 Å². The van der Waals surface area contributed by atoms with E-state index < -0.39 is 26.0 Å². The topological polar surface area (TPSA) is 138 Å². The summed E-state index contributed by atoms with van der Waals surface area (Å²) in [4.78, 5) is 22.4. The minimum Gasteiger partial charge on any atom is -0.498 e. The molecule has 0 aromatic heterocycles. The summed E-state index contributed by atoms with van der Waals surface area (Å²) >= 11 is 0. The number of carbonyl (C=O) groups excluding carboxylic acids is 1. The zero-order valence-electron chi connectivity index (χ0n) is 32.4. The molecule has 0 saturated carbocycles. The summed E-state index contributed by atoms with van der Waals surface area (Å²) < 4.78 is 32.9. The Morgan fingerprint density at radius 1 is 0.706 bits per heavy atom. The van der Waals surface area contributed by atoms with Crippen molar-refractivity contribution in [2.45, 2.75) is 180 Å². The summed E-state index contributed by atoms with van der Waals surface area (Å²) in [5.74, 6) is -0.507. The number of phosphoric ester groups is 1. The highest BCUT2D eigenvalue weighted by Gasteiger charge is 2.25. The first-order valence-corrected chi connectivity index (χ1v) is 21.8. The molecular weight excluding hydrogens is 665 g/mol. The summed E-state index contributed by atoms with van der Waals surface area (Å²) in [6, 6.07) is 0. The van der Waals surface area contributed by atoms with Crippen LogP contribution in [0.2, 0.25) is 0 Å². The molecule has 0 fully saturated rings. The molecule has 10 heteroatoms. The molecule has 0 spiro atoms. The van der Waals surface area contributed by atoms with E-state index in [1.165, 1.54) is 109 Å². The molecule has 0 amide bonds. The second-order valence-electron chi connectivity index (χ2n) is 13.4. The van der Waals surface area contributed by atoms with Gasteiger partial charge < -0.3 is 25.2 Å². The summed E-state index contributed by atoms with van der Waals surface area (Å²) in [6.07, 6.45) is 41.0. The molecule has 0 aliphatic heterocycles. The number of ether oxygens (including phenoxy) is 2. The molecule has 0 saturated heterocycles. The molecule has 0 heterocycles. The highest BCUT2D eigenvalue weighted by Crippen LogP contribution is 2.43. The van der Waals surface area contributed by atoms with E-state index in [0.717, 1.165) is 25.7 Å². The van der Waals surface area contributed by atoms with Crippen molar-refractivity contribution in [3.8, 4) is 0 Å². The standard InChI is InChI=1S/C41H76NO8P/c1-3-5-7-9-11-13-15-17-19-21-23-25-27-29-35-47-37-40(38-49-51(45,46)48-36-34-42)50-41(44)33-30-32-39(43)31-28-26-24-22-20-18-16-14-12-10-8-6-4-2/h18,20,24,26,28-29,31,35,39-40,43H,3-17,19,21-23,25,27,30,32-34,36-38,42H2,1-2H3,(H,45,46)/b20-18+,26-24+,31-28+,35-29+/t39?,40-/m1/s1. The number of allylic oxidation sites excluding steroid dienone is 6. The van der Waals surface area contributed by atoms with Crippen molar-refractivity contribution >= 4 is 13.8 Å². The van der Waals surface area contributed by atoms with Crippen molar-refractivity contribution in [2.75, 3.05) is 26.4 Å². The summed E-state index contributed by atoms with van der Waals surface area (Å²) in [5, 5.41) is 10.3. The predicted molar refractivity (Wildman–Crippen MR) is 211 cm³/mol. The van der Waals surface area contributed by atoms with Crippen molar-refractivity contribution in [1.29, 1.82) is 0 Å². The Bertz CT molecular complexity index is 939. The monoisotopic (exact) mass is 742 g/mol. The smallest absolute Gasteiger partial charge is 0.472 e. The normalized spacial score (nSPS) is 14.6. The van der Waals surface area contributed by atoms with E-state index >= 15 is 0 Å². The van der Waals surface area contributed by atoms with Crippen LogP contribution in [-0.2, 0) is 27.9 Å². The quantitative estimate of drug-likeness (QED) is 0.0141. The van der Waals surface area contributed by atoms with Gasteiger partial charge in [0.25, 0.3) is 0 Å². The van der Waals surface area contributed by atoms with Gasteiger partial charge in [0.05, 0.1) is 25.6 Å². The van der Waals surface area contributed by atoms with Gasteiger partial charge in [0.1, 0.15) is 6.61 Å². The van der Waals surface area contributed by atoms with Crippen LogP contribution in [0.3, 0.4) is 0 Å². The highest BCUT2D eigenvalue weighted by molar-refractivity contribution is 7.47. The number of carbonyl (C=O) groups is 1. The van der Waals surface area contributed by atoms with E-state index in [9.17, 15) is 19.4 Å². The third-order valence-corrected chi connectivity index (χ3v) is 9.40. The van der Waals surface area contributed by atoms with Gasteiger partial charge in [-0.2, -0.15) is 0 Å². The molecular formula is C41H76NO8P. The number of aliphatic hydroxyl groups is 1. The molecule has 0 aliphatic carbocycles. The SMILES string of the molecule is CCCCCCCC/C=C/C/C=C/C=C/C(O)CCCC(=O)O[C@H](CO/C=C/CCCCCCCCCCCCCC)COP(=O)(O)OCCN. The molecule has 9 nitrogen and oxygen atoms in total. The lowest BCUT2D eigenvalue weighted by Gasteiger charge is -2.19.